The largest absolute Gasteiger partial charge is 0.465 e. The average molecular weight is 315 g/mol. The zero-order valence-corrected chi connectivity index (χ0v) is 11.9. The Morgan fingerprint density at radius 2 is 2.05 bits per heavy atom. The number of non-ortho nitro benzene ring substituents is 1. The summed E-state index contributed by atoms with van der Waals surface area (Å²) in [5.74, 6) is 0.316. The molecule has 1 saturated heterocycles. The molecule has 0 bridgehead atoms. The Morgan fingerprint density at radius 3 is 2.68 bits per heavy atom. The van der Waals surface area contributed by atoms with E-state index in [9.17, 15) is 14.9 Å². The van der Waals surface area contributed by atoms with Crippen LogP contribution in [0.1, 0.15) is 5.76 Å². The predicted molar refractivity (Wildman–Crippen MR) is 82.6 cm³/mol. The van der Waals surface area contributed by atoms with Crippen molar-refractivity contribution in [2.24, 2.45) is 4.99 Å². The molecule has 0 radical (unpaired) electrons. The predicted octanol–water partition coefficient (Wildman–Crippen LogP) is 3.08. The van der Waals surface area contributed by atoms with E-state index in [4.69, 9.17) is 4.42 Å². The summed E-state index contributed by atoms with van der Waals surface area (Å²) in [7, 11) is 0. The minimum atomic E-state index is -0.479. The van der Waals surface area contributed by atoms with Crippen molar-refractivity contribution in [2.75, 3.05) is 0 Å². The third-order valence-corrected chi connectivity index (χ3v) is 3.67. The second-order valence-corrected chi connectivity index (χ2v) is 5.30. The Morgan fingerprint density at radius 1 is 1.27 bits per heavy atom. The van der Waals surface area contributed by atoms with Crippen LogP contribution in [0.4, 0.5) is 11.4 Å². The molecule has 0 saturated carbocycles. The highest BCUT2D eigenvalue weighted by atomic mass is 32.2. The van der Waals surface area contributed by atoms with Crippen LogP contribution in [-0.2, 0) is 4.79 Å². The first-order valence-corrected chi connectivity index (χ1v) is 7.01. The van der Waals surface area contributed by atoms with Crippen molar-refractivity contribution in [1.29, 1.82) is 0 Å². The lowest BCUT2D eigenvalue weighted by molar-refractivity contribution is -0.384. The lowest BCUT2D eigenvalue weighted by Crippen LogP contribution is -2.19. The van der Waals surface area contributed by atoms with Crippen molar-refractivity contribution < 1.29 is 14.1 Å². The molecule has 0 spiro atoms. The Hall–Kier alpha value is -2.87. The highest BCUT2D eigenvalue weighted by Gasteiger charge is 2.24. The third kappa shape index (κ3) is 3.07. The van der Waals surface area contributed by atoms with E-state index in [1.165, 1.54) is 42.3 Å². The van der Waals surface area contributed by atoms with Gasteiger partial charge in [-0.1, -0.05) is 0 Å². The molecular formula is C14H9N3O4S. The highest BCUT2D eigenvalue weighted by Crippen LogP contribution is 2.28. The topological polar surface area (TPSA) is 97.7 Å². The van der Waals surface area contributed by atoms with E-state index >= 15 is 0 Å². The molecule has 1 aliphatic rings. The fraction of sp³-hybridized carbons (Fsp3) is 0. The van der Waals surface area contributed by atoms with E-state index < -0.39 is 4.92 Å². The summed E-state index contributed by atoms with van der Waals surface area (Å²) in [5, 5.41) is 13.6. The number of hydrogen-bond acceptors (Lipinski definition) is 6. The molecule has 0 atom stereocenters. The molecule has 3 rings (SSSR count). The number of carbonyl (C=O) groups excluding carboxylic acids is 1. The number of nitro benzene ring substituents is 1. The van der Waals surface area contributed by atoms with Crippen LogP contribution in [0.5, 0.6) is 0 Å². The van der Waals surface area contributed by atoms with Gasteiger partial charge in [-0.25, -0.2) is 4.99 Å². The summed E-state index contributed by atoms with van der Waals surface area (Å²) in [6, 6.07) is 9.24. The van der Waals surface area contributed by atoms with E-state index in [2.05, 4.69) is 10.3 Å². The molecule has 1 amide bonds. The monoisotopic (exact) mass is 315 g/mol. The van der Waals surface area contributed by atoms with Crippen LogP contribution in [-0.4, -0.2) is 16.0 Å². The van der Waals surface area contributed by atoms with Crippen LogP contribution in [0.25, 0.3) is 6.08 Å². The summed E-state index contributed by atoms with van der Waals surface area (Å²) in [5.41, 5.74) is 0.512. The summed E-state index contributed by atoms with van der Waals surface area (Å²) in [6.45, 7) is 0. The van der Waals surface area contributed by atoms with Crippen LogP contribution < -0.4 is 5.32 Å². The number of amidine groups is 1. The van der Waals surface area contributed by atoms with Crippen molar-refractivity contribution in [2.45, 2.75) is 0 Å². The number of aliphatic imine (C=N–C) groups is 1. The molecule has 2 aromatic rings. The number of benzene rings is 1. The Balaban J connectivity index is 1.79. The molecule has 1 aliphatic heterocycles. The van der Waals surface area contributed by atoms with Gasteiger partial charge in [-0.3, -0.25) is 14.9 Å². The zero-order valence-electron chi connectivity index (χ0n) is 11.1. The summed E-state index contributed by atoms with van der Waals surface area (Å²) in [4.78, 5) is 26.7. The lowest BCUT2D eigenvalue weighted by Gasteiger charge is -1.96. The standard InChI is InChI=1S/C14H9N3O4S/c18-13-12(8-11-2-1-7-21-11)22-14(16-13)15-9-3-5-10(6-4-9)17(19)20/h1-8H,(H,15,16,18)/b12-8-. The number of furan rings is 1. The van der Waals surface area contributed by atoms with Crippen molar-refractivity contribution in [3.8, 4) is 0 Å². The van der Waals surface area contributed by atoms with Gasteiger partial charge in [-0.15, -0.1) is 0 Å². The molecule has 1 aromatic heterocycles. The van der Waals surface area contributed by atoms with E-state index in [1.54, 1.807) is 18.2 Å². The van der Waals surface area contributed by atoms with Crippen LogP contribution >= 0.6 is 11.8 Å². The number of thioether (sulfide) groups is 1. The number of rotatable bonds is 3. The van der Waals surface area contributed by atoms with Gasteiger partial charge in [0.15, 0.2) is 5.17 Å². The Bertz CT molecular complexity index is 779. The summed E-state index contributed by atoms with van der Waals surface area (Å²) < 4.78 is 5.16. The Kier molecular flexibility index (Phi) is 3.75. The number of carbonyl (C=O) groups is 1. The molecule has 8 heteroatoms. The molecule has 1 N–H and O–H groups in total. The highest BCUT2D eigenvalue weighted by molar-refractivity contribution is 8.18. The quantitative estimate of drug-likeness (QED) is 0.533. The van der Waals surface area contributed by atoms with Crippen molar-refractivity contribution in [1.82, 2.24) is 5.32 Å². The van der Waals surface area contributed by atoms with Gasteiger partial charge in [0, 0.05) is 18.2 Å². The maximum Gasteiger partial charge on any atom is 0.269 e. The number of nitro groups is 1. The van der Waals surface area contributed by atoms with E-state index in [1.807, 2.05) is 0 Å². The normalized spacial score (nSPS) is 17.9. The van der Waals surface area contributed by atoms with E-state index in [-0.39, 0.29) is 11.6 Å². The van der Waals surface area contributed by atoms with Gasteiger partial charge in [0.25, 0.3) is 11.6 Å². The zero-order chi connectivity index (χ0) is 15.5. The van der Waals surface area contributed by atoms with Crippen molar-refractivity contribution >= 4 is 40.3 Å². The van der Waals surface area contributed by atoms with E-state index in [0.717, 1.165) is 0 Å². The van der Waals surface area contributed by atoms with Crippen LogP contribution in [0.2, 0.25) is 0 Å². The number of hydrogen-bond donors (Lipinski definition) is 1. The maximum absolute atomic E-state index is 11.8. The lowest BCUT2D eigenvalue weighted by atomic mass is 10.3. The second kappa shape index (κ2) is 5.86. The molecule has 7 nitrogen and oxygen atoms in total. The number of nitrogens with one attached hydrogen (secondary N) is 1. The third-order valence-electron chi connectivity index (χ3n) is 2.76. The SMILES string of the molecule is O=C1NC(=Nc2ccc([N+](=O)[O-])cc2)S/C1=C\c1ccco1. The van der Waals surface area contributed by atoms with Gasteiger partial charge in [0.05, 0.1) is 21.8 Å². The van der Waals surface area contributed by atoms with Crippen molar-refractivity contribution in [3.63, 3.8) is 0 Å². The molecule has 0 aliphatic carbocycles. The summed E-state index contributed by atoms with van der Waals surface area (Å²) in [6.07, 6.45) is 3.15. The first kappa shape index (κ1) is 14.1. The molecule has 1 fully saturated rings. The second-order valence-electron chi connectivity index (χ2n) is 4.27. The first-order chi connectivity index (χ1) is 10.6. The molecule has 1 aromatic carbocycles. The van der Waals surface area contributed by atoms with Gasteiger partial charge in [-0.2, -0.15) is 0 Å². The molecule has 22 heavy (non-hydrogen) atoms. The molecule has 0 unspecified atom stereocenters. The van der Waals surface area contributed by atoms with Crippen LogP contribution in [0.15, 0.2) is 57.0 Å². The van der Waals surface area contributed by atoms with Gasteiger partial charge in [-0.05, 0) is 36.0 Å². The minimum absolute atomic E-state index is 0.00883. The number of nitrogens with zero attached hydrogens (tertiary/aromatic N) is 2. The fourth-order valence-electron chi connectivity index (χ4n) is 1.75. The van der Waals surface area contributed by atoms with Gasteiger partial charge in [0.1, 0.15) is 5.76 Å². The maximum atomic E-state index is 11.8. The van der Waals surface area contributed by atoms with Gasteiger partial charge >= 0.3 is 0 Å². The minimum Gasteiger partial charge on any atom is -0.465 e. The fourth-order valence-corrected chi connectivity index (χ4v) is 2.57. The molecular weight excluding hydrogens is 306 g/mol. The van der Waals surface area contributed by atoms with E-state index in [0.29, 0.717) is 21.5 Å². The smallest absolute Gasteiger partial charge is 0.269 e. The Labute approximate surface area is 128 Å². The van der Waals surface area contributed by atoms with Crippen LogP contribution in [0, 0.1) is 10.1 Å². The average Bonchev–Trinajstić information content (AvgIpc) is 3.11. The molecule has 110 valence electrons. The van der Waals surface area contributed by atoms with Crippen molar-refractivity contribution in [3.05, 3.63) is 63.4 Å². The number of amides is 1. The van der Waals surface area contributed by atoms with Crippen LogP contribution in [0.3, 0.4) is 0 Å². The van der Waals surface area contributed by atoms with Gasteiger partial charge in [0.2, 0.25) is 0 Å². The summed E-state index contributed by atoms with van der Waals surface area (Å²) >= 11 is 1.18. The first-order valence-electron chi connectivity index (χ1n) is 6.19. The van der Waals surface area contributed by atoms with Gasteiger partial charge < -0.3 is 9.73 Å². The molecule has 2 heterocycles.